The van der Waals surface area contributed by atoms with E-state index in [0.717, 1.165) is 30.7 Å². The molecule has 2 aromatic heterocycles. The van der Waals surface area contributed by atoms with Crippen molar-refractivity contribution in [1.29, 1.82) is 10.5 Å². The number of hydrogen-bond acceptors (Lipinski definition) is 11. The second-order valence-electron chi connectivity index (χ2n) is 13.0. The number of nitrogens with two attached hydrogens (primary N) is 1. The van der Waals surface area contributed by atoms with Gasteiger partial charge in [-0.3, -0.25) is 4.90 Å². The number of nitrogens with zero attached hydrogens (tertiary/aromatic N) is 6. The standard InChI is InChI=1S/C34H31ClF3N7O3S/c35-26-24(18-3-4-20(37)30-23(18)19(14-40)31(41)49-30)27(38)28-25-29(26)47-12-6-21-22(5-8-39)46-11-2-10-45(21)32(25)43-33(42-28)48-16-34-7-1-9-44(34)15-17(36)13-34/h3-4,17,21-22H,1-2,5-7,9-13,15-16,41H2/t17-,21?,22?,34+/m1/s1. The number of nitrogen functional groups attached to an aromatic ring is 1. The van der Waals surface area contributed by atoms with Crippen LogP contribution >= 0.6 is 22.9 Å². The first kappa shape index (κ1) is 32.1. The first-order valence-corrected chi connectivity index (χ1v) is 17.5. The van der Waals surface area contributed by atoms with Crippen LogP contribution in [0.1, 0.15) is 44.1 Å². The van der Waals surface area contributed by atoms with Crippen LogP contribution in [0.5, 0.6) is 11.8 Å². The molecule has 0 bridgehead atoms. The second-order valence-corrected chi connectivity index (χ2v) is 14.5. The highest BCUT2D eigenvalue weighted by Gasteiger charge is 2.49. The van der Waals surface area contributed by atoms with Crippen molar-refractivity contribution >= 4 is 54.7 Å². The van der Waals surface area contributed by atoms with Gasteiger partial charge in [-0.25, -0.2) is 13.2 Å². The predicted molar refractivity (Wildman–Crippen MR) is 179 cm³/mol. The lowest BCUT2D eigenvalue weighted by atomic mass is 9.95. The number of anilines is 2. The lowest BCUT2D eigenvalue weighted by Gasteiger charge is -2.37. The number of fused-ring (bicyclic) bond motifs is 4. The van der Waals surface area contributed by atoms with Gasteiger partial charge in [0.1, 0.15) is 41.0 Å². The van der Waals surface area contributed by atoms with Gasteiger partial charge in [0.25, 0.3) is 0 Å². The highest BCUT2D eigenvalue weighted by molar-refractivity contribution is 7.23. The van der Waals surface area contributed by atoms with Gasteiger partial charge in [-0.15, -0.1) is 11.3 Å². The maximum atomic E-state index is 17.3. The molecule has 0 amide bonds. The smallest absolute Gasteiger partial charge is 0.319 e. The molecule has 6 heterocycles. The van der Waals surface area contributed by atoms with Crippen molar-refractivity contribution in [3.8, 4) is 35.0 Å². The molecule has 4 aromatic rings. The molecule has 0 aliphatic carbocycles. The lowest BCUT2D eigenvalue weighted by molar-refractivity contribution is 0.0448. The van der Waals surface area contributed by atoms with Gasteiger partial charge in [-0.2, -0.15) is 20.5 Å². The summed E-state index contributed by atoms with van der Waals surface area (Å²) in [4.78, 5) is 13.6. The summed E-state index contributed by atoms with van der Waals surface area (Å²) in [5.41, 5.74) is 5.49. The summed E-state index contributed by atoms with van der Waals surface area (Å²) in [6.45, 7) is 2.28. The summed E-state index contributed by atoms with van der Waals surface area (Å²) >= 11 is 7.96. The predicted octanol–water partition coefficient (Wildman–Crippen LogP) is 6.51. The zero-order valence-corrected chi connectivity index (χ0v) is 27.8. The Hall–Kier alpha value is -4.08. The SMILES string of the molecule is N#CCC1OCCCN2c3nc(OC[C@@]45CCCN4C[C@H](F)C5)nc4c(F)c(-c5ccc(F)c6sc(N)c(C#N)c56)c(Cl)c(c34)OCCC12. The maximum Gasteiger partial charge on any atom is 0.319 e. The van der Waals surface area contributed by atoms with E-state index in [0.29, 0.717) is 44.8 Å². The van der Waals surface area contributed by atoms with Gasteiger partial charge < -0.3 is 24.8 Å². The molecule has 2 aromatic carbocycles. The normalized spacial score (nSPS) is 25.2. The number of halogens is 4. The van der Waals surface area contributed by atoms with Gasteiger partial charge in [0.15, 0.2) is 11.6 Å². The molecule has 0 saturated carbocycles. The van der Waals surface area contributed by atoms with Crippen molar-refractivity contribution in [2.24, 2.45) is 0 Å². The highest BCUT2D eigenvalue weighted by atomic mass is 35.5. The van der Waals surface area contributed by atoms with Gasteiger partial charge in [-0.05, 0) is 37.4 Å². The number of benzene rings is 2. The van der Waals surface area contributed by atoms with Crippen molar-refractivity contribution in [2.75, 3.05) is 50.1 Å². The third-order valence-corrected chi connectivity index (χ3v) is 11.7. The third kappa shape index (κ3) is 5.11. The van der Waals surface area contributed by atoms with E-state index < -0.39 is 29.4 Å². The van der Waals surface area contributed by atoms with Crippen LogP contribution in [-0.4, -0.2) is 78.2 Å². The minimum absolute atomic E-state index is 0.0140. The fraction of sp³-hybridized carbons (Fsp3) is 0.471. The Morgan fingerprint density at radius 3 is 2.84 bits per heavy atom. The Morgan fingerprint density at radius 1 is 1.16 bits per heavy atom. The van der Waals surface area contributed by atoms with Gasteiger partial charge >= 0.3 is 6.01 Å². The van der Waals surface area contributed by atoms with E-state index >= 15 is 8.78 Å². The Morgan fingerprint density at radius 2 is 2.02 bits per heavy atom. The molecule has 10 nitrogen and oxygen atoms in total. The number of rotatable bonds is 5. The van der Waals surface area contributed by atoms with E-state index in [-0.39, 0.29) is 85.1 Å². The number of aromatic nitrogens is 2. The van der Waals surface area contributed by atoms with E-state index in [4.69, 9.17) is 36.5 Å². The van der Waals surface area contributed by atoms with Crippen LogP contribution in [0, 0.1) is 34.3 Å². The molecule has 0 radical (unpaired) electrons. The van der Waals surface area contributed by atoms with Crippen LogP contribution in [0.2, 0.25) is 5.02 Å². The van der Waals surface area contributed by atoms with Crippen molar-refractivity contribution in [2.45, 2.75) is 62.4 Å². The largest absolute Gasteiger partial charge is 0.491 e. The third-order valence-electron chi connectivity index (χ3n) is 10.3. The molecule has 3 saturated heterocycles. The fourth-order valence-corrected chi connectivity index (χ4v) is 9.44. The number of ether oxygens (including phenoxy) is 3. The van der Waals surface area contributed by atoms with E-state index in [1.807, 2.05) is 11.0 Å². The van der Waals surface area contributed by atoms with Crippen LogP contribution in [0.15, 0.2) is 12.1 Å². The lowest BCUT2D eigenvalue weighted by Crippen LogP contribution is -2.46. The molecular weight excluding hydrogens is 679 g/mol. The Balaban J connectivity index is 1.36. The average Bonchev–Trinajstić information content (AvgIpc) is 3.67. The minimum atomic E-state index is -0.969. The Labute approximate surface area is 288 Å². The monoisotopic (exact) mass is 709 g/mol. The van der Waals surface area contributed by atoms with Crippen molar-refractivity contribution in [3.63, 3.8) is 0 Å². The molecule has 254 valence electrons. The topological polar surface area (TPSA) is 134 Å². The average molecular weight is 710 g/mol. The summed E-state index contributed by atoms with van der Waals surface area (Å²) in [6, 6.07) is 6.35. The summed E-state index contributed by atoms with van der Waals surface area (Å²) < 4.78 is 65.7. The Bertz CT molecular complexity index is 2090. The van der Waals surface area contributed by atoms with Gasteiger partial charge in [0.05, 0.1) is 57.5 Å². The zero-order valence-electron chi connectivity index (χ0n) is 26.3. The van der Waals surface area contributed by atoms with Crippen molar-refractivity contribution in [1.82, 2.24) is 14.9 Å². The quantitative estimate of drug-likeness (QED) is 0.244. The molecule has 0 spiro atoms. The van der Waals surface area contributed by atoms with Gasteiger partial charge in [0, 0.05) is 43.5 Å². The van der Waals surface area contributed by atoms with Crippen LogP contribution < -0.4 is 20.1 Å². The van der Waals surface area contributed by atoms with Crippen LogP contribution in [0.4, 0.5) is 24.0 Å². The molecule has 2 N–H and O–H groups in total. The van der Waals surface area contributed by atoms with Crippen molar-refractivity contribution in [3.05, 3.63) is 34.4 Å². The van der Waals surface area contributed by atoms with Crippen LogP contribution in [0.25, 0.3) is 32.1 Å². The summed E-state index contributed by atoms with van der Waals surface area (Å²) in [5, 5.41) is 19.9. The van der Waals surface area contributed by atoms with E-state index in [2.05, 4.69) is 16.0 Å². The Kier molecular flexibility index (Phi) is 8.11. The molecule has 4 atom stereocenters. The molecular formula is C34H31ClF3N7O3S. The van der Waals surface area contributed by atoms with Gasteiger partial charge in [-0.1, -0.05) is 17.7 Å². The van der Waals surface area contributed by atoms with E-state index in [1.165, 1.54) is 12.1 Å². The number of alkyl halides is 1. The summed E-state index contributed by atoms with van der Waals surface area (Å²) in [5.74, 6) is -1.00. The summed E-state index contributed by atoms with van der Waals surface area (Å²) in [6.07, 6.45) is 1.75. The molecule has 4 aliphatic rings. The number of thiophene rings is 1. The first-order valence-electron chi connectivity index (χ1n) is 16.3. The zero-order chi connectivity index (χ0) is 34.0. The molecule has 3 fully saturated rings. The molecule has 4 aliphatic heterocycles. The molecule has 15 heteroatoms. The van der Waals surface area contributed by atoms with Gasteiger partial charge in [0.2, 0.25) is 0 Å². The number of nitriles is 2. The highest BCUT2D eigenvalue weighted by Crippen LogP contribution is 2.51. The van der Waals surface area contributed by atoms with Crippen LogP contribution in [-0.2, 0) is 4.74 Å². The van der Waals surface area contributed by atoms with Crippen LogP contribution in [0.3, 0.4) is 0 Å². The number of hydrogen-bond donors (Lipinski definition) is 1. The molecule has 2 unspecified atom stereocenters. The molecule has 49 heavy (non-hydrogen) atoms. The van der Waals surface area contributed by atoms with Crippen molar-refractivity contribution < 1.29 is 27.4 Å². The first-order chi connectivity index (χ1) is 23.7. The summed E-state index contributed by atoms with van der Waals surface area (Å²) in [7, 11) is 0. The molecule has 8 rings (SSSR count). The van der Waals surface area contributed by atoms with E-state index in [1.54, 1.807) is 0 Å². The second kappa shape index (κ2) is 12.4. The maximum absolute atomic E-state index is 17.3. The minimum Gasteiger partial charge on any atom is -0.491 e. The van der Waals surface area contributed by atoms with E-state index in [9.17, 15) is 14.9 Å². The fourth-order valence-electron chi connectivity index (χ4n) is 8.15.